The van der Waals surface area contributed by atoms with Crippen LogP contribution in [0.25, 0.3) is 0 Å². The molecule has 1 fully saturated rings. The molecule has 1 saturated carbocycles. The zero-order valence-electron chi connectivity index (χ0n) is 14.5. The fourth-order valence-electron chi connectivity index (χ4n) is 3.24. The second-order valence-corrected chi connectivity index (χ2v) is 13.4. The van der Waals surface area contributed by atoms with Crippen LogP contribution >= 0.6 is 28.3 Å². The van der Waals surface area contributed by atoms with Gasteiger partial charge in [-0.3, -0.25) is 0 Å². The molecular formula is C17H33Cl2NiP. The van der Waals surface area contributed by atoms with Gasteiger partial charge in [0, 0.05) is 0 Å². The van der Waals surface area contributed by atoms with E-state index < -0.39 is 0 Å². The van der Waals surface area contributed by atoms with Crippen LogP contribution in [0.2, 0.25) is 0 Å². The summed E-state index contributed by atoms with van der Waals surface area (Å²) >= 11 is 0.569. The number of allylic oxidation sites excluding steroid dienone is 2. The molecule has 0 aromatic heterocycles. The van der Waals surface area contributed by atoms with Gasteiger partial charge in [0.25, 0.3) is 0 Å². The second-order valence-electron chi connectivity index (χ2n) is 7.82. The molecule has 0 spiro atoms. The van der Waals surface area contributed by atoms with Crippen molar-refractivity contribution in [2.45, 2.75) is 84.0 Å². The van der Waals surface area contributed by atoms with Gasteiger partial charge in [-0.1, -0.05) is 80.9 Å². The van der Waals surface area contributed by atoms with Gasteiger partial charge in [-0.05, 0) is 35.2 Å². The van der Waals surface area contributed by atoms with Gasteiger partial charge in [0.1, 0.15) is 0 Å². The number of hydrogen-bond donors (Lipinski definition) is 0. The molecule has 0 nitrogen and oxygen atoms in total. The normalized spacial score (nSPS) is 18.1. The molecule has 130 valence electrons. The van der Waals surface area contributed by atoms with E-state index in [-0.39, 0.29) is 7.92 Å². The number of rotatable bonds is 3. The number of halogens is 2. The average Bonchev–Trinajstić information content (AvgIpc) is 2.34. The molecule has 0 aromatic rings. The van der Waals surface area contributed by atoms with Crippen LogP contribution in [0.1, 0.15) is 73.6 Å². The van der Waals surface area contributed by atoms with Crippen molar-refractivity contribution < 1.29 is 12.7 Å². The standard InChI is InChI=1S/C17H33P.2ClH.Ni/c1-16(2,3)18(17(4,5)6)14-10-13-15-11-8-7-9-12-15;;;/h10,13,15H,7-9,11-12,14H2,1-6H3;2*1H;/q;;;+2/p-2. The predicted molar refractivity (Wildman–Crippen MR) is 98.7 cm³/mol. The van der Waals surface area contributed by atoms with Crippen molar-refractivity contribution in [2.75, 3.05) is 6.16 Å². The van der Waals surface area contributed by atoms with E-state index in [9.17, 15) is 0 Å². The Morgan fingerprint density at radius 2 is 1.38 bits per heavy atom. The van der Waals surface area contributed by atoms with Crippen LogP contribution in [0, 0.1) is 5.92 Å². The molecule has 0 saturated heterocycles. The summed E-state index contributed by atoms with van der Waals surface area (Å²) in [5.41, 5.74) is 0. The van der Waals surface area contributed by atoms with Gasteiger partial charge in [-0.15, -0.1) is 0 Å². The van der Waals surface area contributed by atoms with E-state index in [2.05, 4.69) is 53.7 Å². The Morgan fingerprint density at radius 3 is 1.76 bits per heavy atom. The van der Waals surface area contributed by atoms with Crippen molar-refractivity contribution in [3.05, 3.63) is 12.2 Å². The zero-order chi connectivity index (χ0) is 16.5. The molecular weight excluding hydrogens is 365 g/mol. The Hall–Kier alpha value is 1.24. The summed E-state index contributed by atoms with van der Waals surface area (Å²) in [5, 5.41) is 0.926. The predicted octanol–water partition coefficient (Wildman–Crippen LogP) is 7.58. The van der Waals surface area contributed by atoms with Gasteiger partial charge in [-0.2, -0.15) is 0 Å². The number of hydrogen-bond acceptors (Lipinski definition) is 0. The van der Waals surface area contributed by atoms with Crippen LogP contribution in [0.15, 0.2) is 12.2 Å². The van der Waals surface area contributed by atoms with E-state index in [0.29, 0.717) is 23.0 Å². The third-order valence-electron chi connectivity index (χ3n) is 3.97. The topological polar surface area (TPSA) is 0 Å². The van der Waals surface area contributed by atoms with Gasteiger partial charge in [0.15, 0.2) is 0 Å². The fraction of sp³-hybridized carbons (Fsp3) is 0.882. The Kier molecular flexibility index (Phi) is 11.6. The quantitative estimate of drug-likeness (QED) is 0.261. The summed E-state index contributed by atoms with van der Waals surface area (Å²) in [6.07, 6.45) is 13.6. The van der Waals surface area contributed by atoms with Crippen molar-refractivity contribution in [2.24, 2.45) is 5.92 Å². The van der Waals surface area contributed by atoms with Crippen molar-refractivity contribution in [1.82, 2.24) is 0 Å². The van der Waals surface area contributed by atoms with Gasteiger partial charge in [0.05, 0.1) is 0 Å². The van der Waals surface area contributed by atoms with Gasteiger partial charge in [0.2, 0.25) is 0 Å². The minimum absolute atomic E-state index is 0.0435. The fourth-order valence-corrected chi connectivity index (χ4v) is 6.68. The molecule has 1 aliphatic rings. The first-order valence-electron chi connectivity index (χ1n) is 7.89. The summed E-state index contributed by atoms with van der Waals surface area (Å²) in [4.78, 5) is 0. The third-order valence-corrected chi connectivity index (χ3v) is 7.78. The maximum atomic E-state index is 4.70. The summed E-state index contributed by atoms with van der Waals surface area (Å²) in [6.45, 7) is 14.5. The summed E-state index contributed by atoms with van der Waals surface area (Å²) in [6, 6.07) is 0. The Bertz CT molecular complexity index is 272. The van der Waals surface area contributed by atoms with Crippen LogP contribution in [0.5, 0.6) is 0 Å². The Labute approximate surface area is 148 Å². The van der Waals surface area contributed by atoms with Crippen LogP contribution in [0.3, 0.4) is 0 Å². The first-order chi connectivity index (χ1) is 9.62. The Morgan fingerprint density at radius 1 is 0.952 bits per heavy atom. The van der Waals surface area contributed by atoms with Crippen molar-refractivity contribution in [1.29, 1.82) is 0 Å². The van der Waals surface area contributed by atoms with Crippen LogP contribution in [-0.4, -0.2) is 16.5 Å². The molecule has 0 unspecified atom stereocenters. The molecule has 1 rings (SSSR count). The molecule has 0 aliphatic heterocycles. The molecule has 0 atom stereocenters. The van der Waals surface area contributed by atoms with E-state index in [1.54, 1.807) is 0 Å². The molecule has 0 amide bonds. The summed E-state index contributed by atoms with van der Waals surface area (Å²) in [7, 11) is 9.45. The van der Waals surface area contributed by atoms with E-state index in [0.717, 1.165) is 5.92 Å². The molecule has 0 aromatic carbocycles. The second kappa shape index (κ2) is 10.9. The van der Waals surface area contributed by atoms with Crippen molar-refractivity contribution in [3.8, 4) is 0 Å². The first kappa shape index (κ1) is 22.2. The summed E-state index contributed by atoms with van der Waals surface area (Å²) < 4.78 is 0. The van der Waals surface area contributed by atoms with E-state index in [1.165, 1.54) is 38.3 Å². The van der Waals surface area contributed by atoms with Gasteiger partial charge < -0.3 is 0 Å². The molecule has 0 bridgehead atoms. The average molecular weight is 398 g/mol. The minimum atomic E-state index is 0.0435. The molecule has 0 heterocycles. The molecule has 0 radical (unpaired) electrons. The monoisotopic (exact) mass is 396 g/mol. The SMILES string of the molecule is CC(C)(C)P(CC=CC1CCCCC1)C(C)(C)C.[Cl][Ni][Cl]. The van der Waals surface area contributed by atoms with E-state index >= 15 is 0 Å². The first-order valence-corrected chi connectivity index (χ1v) is 12.1. The van der Waals surface area contributed by atoms with Crippen LogP contribution in [-0.2, 0) is 12.7 Å². The summed E-state index contributed by atoms with van der Waals surface area (Å²) in [5.74, 6) is 0.885. The molecule has 1 aliphatic carbocycles. The van der Waals surface area contributed by atoms with Crippen molar-refractivity contribution in [3.63, 3.8) is 0 Å². The van der Waals surface area contributed by atoms with Crippen LogP contribution in [0.4, 0.5) is 0 Å². The van der Waals surface area contributed by atoms with Gasteiger partial charge >= 0.3 is 33.0 Å². The van der Waals surface area contributed by atoms with Crippen LogP contribution < -0.4 is 0 Å². The molecule has 0 N–H and O–H groups in total. The molecule has 4 heteroatoms. The third kappa shape index (κ3) is 10.6. The maximum absolute atomic E-state index is 4.70. The van der Waals surface area contributed by atoms with Gasteiger partial charge in [-0.25, -0.2) is 0 Å². The van der Waals surface area contributed by atoms with Crippen molar-refractivity contribution >= 4 is 28.3 Å². The molecule has 21 heavy (non-hydrogen) atoms. The van der Waals surface area contributed by atoms with E-state index in [1.807, 2.05) is 0 Å². The zero-order valence-corrected chi connectivity index (χ0v) is 17.9. The Balaban J connectivity index is 0.00000122. The van der Waals surface area contributed by atoms with E-state index in [4.69, 9.17) is 20.4 Å².